The first-order chi connectivity index (χ1) is 22.3. The second kappa shape index (κ2) is 16.6. The summed E-state index contributed by atoms with van der Waals surface area (Å²) in [6.45, 7) is 12.4. The molecule has 1 radical (unpaired) electrons. The van der Waals surface area contributed by atoms with Crippen LogP contribution < -0.4 is 0 Å². The topological polar surface area (TPSA) is 63.1 Å². The zero-order valence-corrected chi connectivity index (χ0v) is 32.2. The Hall–Kier alpha value is -3.40. The van der Waals surface area contributed by atoms with Crippen LogP contribution in [0, 0.1) is 31.7 Å². The Morgan fingerprint density at radius 1 is 0.766 bits per heavy atom. The van der Waals surface area contributed by atoms with Gasteiger partial charge in [0.05, 0.1) is 5.76 Å². The number of aromatic nitrogens is 2. The van der Waals surface area contributed by atoms with Crippen molar-refractivity contribution >= 4 is 51.7 Å². The monoisotopic (exact) mass is 868 g/mol. The van der Waals surface area contributed by atoms with Gasteiger partial charge in [0, 0.05) is 38.0 Å². The first-order valence-corrected chi connectivity index (χ1v) is 18.1. The number of nitrogens with zero attached hydrogens (tertiary/aromatic N) is 2. The number of aryl methyl sites for hydroxylation is 2. The Labute approximate surface area is 298 Å². The second-order valence-corrected chi connectivity index (χ2v) is 14.1. The van der Waals surface area contributed by atoms with Gasteiger partial charge >= 0.3 is 187 Å². The molecule has 0 saturated heterocycles. The number of carbonyl (C=O) groups is 1. The third-order valence-corrected chi connectivity index (χ3v) is 11.2. The number of allylic oxidation sites excluding steroid dienone is 2. The number of aliphatic hydroxyl groups is 1. The van der Waals surface area contributed by atoms with Gasteiger partial charge in [0.2, 0.25) is 0 Å². The van der Waals surface area contributed by atoms with E-state index in [1.807, 2.05) is 27.7 Å². The first-order valence-electron chi connectivity index (χ1n) is 16.4. The number of hydrogen-bond acceptors (Lipinski definition) is 4. The fourth-order valence-corrected chi connectivity index (χ4v) is 8.16. The molecule has 0 saturated carbocycles. The third-order valence-electron chi connectivity index (χ3n) is 8.89. The molecule has 1 N–H and O–H groups in total. The SMILES string of the molecule is CCC(CC)C(=O)/C=C(\O)C(CC)CC.Cc1cccc(C)c1-c1nc2cc3ccccc3cc2nc1-c1[c-]c2ccccc2[se]1.[Ir]. The van der Waals surface area contributed by atoms with Crippen LogP contribution in [-0.4, -0.2) is 35.4 Å². The number of hydrogen-bond donors (Lipinski definition) is 1. The van der Waals surface area contributed by atoms with Gasteiger partial charge in [0.25, 0.3) is 0 Å². The largest absolute Gasteiger partial charge is 0 e. The number of rotatable bonds is 9. The standard InChI is InChI=1S/C28H19N2Se.C13H24O2.Ir/c1-17-8-7-9-18(2)26(17)28-27(25-16-21-12-5-6-13-24(21)31-25)29-22-14-19-10-3-4-11-20(19)15-23(22)30-28;1-5-10(6-2)12(14)9-13(15)11(7-3)8-4;/h3-15H,1-2H3;9-11,14H,5-8H2,1-4H3;/q-1;;/b;12-9-;. The van der Waals surface area contributed by atoms with Crippen LogP contribution in [0.4, 0.5) is 0 Å². The van der Waals surface area contributed by atoms with Crippen LogP contribution in [0.25, 0.3) is 52.8 Å². The molecule has 0 atom stereocenters. The van der Waals surface area contributed by atoms with Crippen molar-refractivity contribution in [2.75, 3.05) is 0 Å². The van der Waals surface area contributed by atoms with E-state index in [-0.39, 0.29) is 58.0 Å². The van der Waals surface area contributed by atoms with Crippen molar-refractivity contribution in [2.45, 2.75) is 67.2 Å². The number of aliphatic hydroxyl groups excluding tert-OH is 1. The van der Waals surface area contributed by atoms with E-state index in [4.69, 9.17) is 9.97 Å². The Kier molecular flexibility index (Phi) is 12.9. The van der Waals surface area contributed by atoms with E-state index in [0.717, 1.165) is 48.1 Å². The Morgan fingerprint density at radius 2 is 1.30 bits per heavy atom. The molecule has 4 nitrogen and oxygen atoms in total. The summed E-state index contributed by atoms with van der Waals surface area (Å²) in [6.07, 6.45) is 4.91. The van der Waals surface area contributed by atoms with Crippen molar-refractivity contribution < 1.29 is 30.0 Å². The fraction of sp³-hybridized carbons (Fsp3) is 0.293. The first kappa shape index (κ1) is 36.4. The molecule has 0 aliphatic rings. The number of fused-ring (bicyclic) bond motifs is 3. The summed E-state index contributed by atoms with van der Waals surface area (Å²) < 4.78 is 2.53. The van der Waals surface area contributed by atoms with Gasteiger partial charge in [-0.3, -0.25) is 4.79 Å². The maximum absolute atomic E-state index is 11.7. The van der Waals surface area contributed by atoms with Crippen LogP contribution in [0.2, 0.25) is 0 Å². The maximum Gasteiger partial charge on any atom is 0 e. The van der Waals surface area contributed by atoms with E-state index in [1.165, 1.54) is 47.6 Å². The zero-order chi connectivity index (χ0) is 32.8. The molecule has 2 aromatic heterocycles. The molecule has 4 aromatic carbocycles. The molecule has 0 unspecified atom stereocenters. The normalized spacial score (nSPS) is 11.6. The van der Waals surface area contributed by atoms with E-state index in [2.05, 4.69) is 98.8 Å². The molecule has 0 bridgehead atoms. The van der Waals surface area contributed by atoms with Crippen molar-refractivity contribution in [2.24, 2.45) is 11.8 Å². The average Bonchev–Trinajstić information content (AvgIpc) is 3.49. The fourth-order valence-electron chi connectivity index (χ4n) is 6.07. The average molecular weight is 867 g/mol. The van der Waals surface area contributed by atoms with E-state index in [1.54, 1.807) is 0 Å². The number of carbonyl (C=O) groups excluding carboxylic acids is 1. The Balaban J connectivity index is 0.000000269. The molecular formula is C41H43IrN2O2Se-. The minimum Gasteiger partial charge on any atom is 0 e. The van der Waals surface area contributed by atoms with Gasteiger partial charge in [-0.2, -0.15) is 0 Å². The van der Waals surface area contributed by atoms with Crippen LogP contribution in [-0.2, 0) is 24.9 Å². The van der Waals surface area contributed by atoms with Gasteiger partial charge in [0.15, 0.2) is 5.78 Å². The van der Waals surface area contributed by atoms with Crippen molar-refractivity contribution in [1.82, 2.24) is 9.97 Å². The smallest absolute Gasteiger partial charge is 0 e. The summed E-state index contributed by atoms with van der Waals surface area (Å²) in [5.41, 5.74) is 7.43. The van der Waals surface area contributed by atoms with Gasteiger partial charge in [-0.05, 0) is 25.7 Å². The van der Waals surface area contributed by atoms with Gasteiger partial charge in [-0.1, -0.05) is 27.7 Å². The molecule has 0 aliphatic carbocycles. The molecule has 0 aliphatic heterocycles. The molecule has 47 heavy (non-hydrogen) atoms. The van der Waals surface area contributed by atoms with Gasteiger partial charge in [-0.25, -0.2) is 0 Å². The van der Waals surface area contributed by atoms with Crippen molar-refractivity contribution in [1.29, 1.82) is 0 Å². The van der Waals surface area contributed by atoms with Crippen molar-refractivity contribution in [3.8, 4) is 21.4 Å². The second-order valence-electron chi connectivity index (χ2n) is 11.9. The quantitative estimate of drug-likeness (QED) is 0.0517. The minimum absolute atomic E-state index is 0. The van der Waals surface area contributed by atoms with Crippen molar-refractivity contribution in [3.63, 3.8) is 0 Å². The molecule has 0 spiro atoms. The number of ketones is 1. The molecule has 2 heterocycles. The predicted octanol–water partition coefficient (Wildman–Crippen LogP) is 10.6. The van der Waals surface area contributed by atoms with Crippen LogP contribution >= 0.6 is 0 Å². The third kappa shape index (κ3) is 8.19. The van der Waals surface area contributed by atoms with Crippen LogP contribution in [0.5, 0.6) is 0 Å². The van der Waals surface area contributed by atoms with Gasteiger partial charge in [0.1, 0.15) is 0 Å². The van der Waals surface area contributed by atoms with Crippen molar-refractivity contribution in [3.05, 3.63) is 108 Å². The summed E-state index contributed by atoms with van der Waals surface area (Å²) in [4.78, 5) is 22.1. The summed E-state index contributed by atoms with van der Waals surface area (Å²) in [7, 11) is 0. The number of benzene rings is 4. The van der Waals surface area contributed by atoms with Crippen LogP contribution in [0.1, 0.15) is 64.5 Å². The van der Waals surface area contributed by atoms with E-state index >= 15 is 0 Å². The molecule has 6 rings (SSSR count). The summed E-state index contributed by atoms with van der Waals surface area (Å²) in [6, 6.07) is 31.3. The molecule has 245 valence electrons. The molecule has 0 amide bonds. The maximum atomic E-state index is 11.7. The molecule has 6 heteroatoms. The molecular weight excluding hydrogens is 824 g/mol. The molecule has 0 fully saturated rings. The Morgan fingerprint density at radius 3 is 1.85 bits per heavy atom. The minimum atomic E-state index is 0. The molecule has 6 aromatic rings. The van der Waals surface area contributed by atoms with Gasteiger partial charge < -0.3 is 5.11 Å². The summed E-state index contributed by atoms with van der Waals surface area (Å²) in [5.74, 6) is 0.547. The van der Waals surface area contributed by atoms with E-state index in [9.17, 15) is 9.90 Å². The van der Waals surface area contributed by atoms with E-state index in [0.29, 0.717) is 0 Å². The summed E-state index contributed by atoms with van der Waals surface area (Å²) >= 11 is 0.168. The predicted molar refractivity (Wildman–Crippen MR) is 195 cm³/mol. The van der Waals surface area contributed by atoms with E-state index < -0.39 is 0 Å². The zero-order valence-electron chi connectivity index (χ0n) is 28.1. The van der Waals surface area contributed by atoms with Gasteiger partial charge in [-0.15, -0.1) is 0 Å². The Bertz CT molecular complexity index is 1970. The van der Waals surface area contributed by atoms with Crippen LogP contribution in [0.15, 0.2) is 90.7 Å². The summed E-state index contributed by atoms with van der Waals surface area (Å²) in [5, 5.41) is 13.3. The van der Waals surface area contributed by atoms with Crippen LogP contribution in [0.3, 0.4) is 0 Å².